The number of rotatable bonds is 7. The fourth-order valence-corrected chi connectivity index (χ4v) is 1.22. The average Bonchev–Trinajstić information content (AvgIpc) is 2.28. The lowest BCUT2D eigenvalue weighted by Crippen LogP contribution is -2.21. The Bertz CT molecular complexity index is 282. The van der Waals surface area contributed by atoms with Crippen LogP contribution >= 0.6 is 0 Å². The van der Waals surface area contributed by atoms with Crippen LogP contribution in [0.15, 0.2) is 24.3 Å². The maximum atomic E-state index is 5.38. The van der Waals surface area contributed by atoms with E-state index in [1.54, 1.807) is 0 Å². The topological polar surface area (TPSA) is 30.5 Å². The van der Waals surface area contributed by atoms with Crippen LogP contribution in [0.4, 0.5) is 0 Å². The highest BCUT2D eigenvalue weighted by molar-refractivity contribution is 5.27. The van der Waals surface area contributed by atoms with Crippen LogP contribution in [-0.2, 0) is 11.3 Å². The number of nitrogens with one attached hydrogen (secondary N) is 1. The summed E-state index contributed by atoms with van der Waals surface area (Å²) in [5.41, 5.74) is 1.26. The Kier molecular flexibility index (Phi) is 5.90. The van der Waals surface area contributed by atoms with Crippen molar-refractivity contribution in [2.24, 2.45) is 0 Å². The van der Waals surface area contributed by atoms with Gasteiger partial charge < -0.3 is 14.8 Å². The minimum atomic E-state index is 0.320. The number of benzene rings is 1. The van der Waals surface area contributed by atoms with Crippen molar-refractivity contribution in [2.45, 2.75) is 33.4 Å². The normalized spacial score (nSPS) is 10.8. The molecular weight excluding hydrogens is 202 g/mol. The van der Waals surface area contributed by atoms with Crippen LogP contribution in [0.1, 0.15) is 26.3 Å². The largest absolute Gasteiger partial charge is 0.468 e. The van der Waals surface area contributed by atoms with Gasteiger partial charge in [0.05, 0.1) is 0 Å². The molecule has 1 aromatic carbocycles. The van der Waals surface area contributed by atoms with E-state index >= 15 is 0 Å². The molecule has 0 atom stereocenters. The van der Waals surface area contributed by atoms with Gasteiger partial charge in [0, 0.05) is 19.2 Å². The van der Waals surface area contributed by atoms with Crippen LogP contribution in [0, 0.1) is 0 Å². The van der Waals surface area contributed by atoms with Gasteiger partial charge in [-0.3, -0.25) is 0 Å². The maximum Gasteiger partial charge on any atom is 0.189 e. The molecule has 1 aromatic rings. The molecule has 0 unspecified atom stereocenters. The van der Waals surface area contributed by atoms with E-state index in [4.69, 9.17) is 9.47 Å². The Labute approximate surface area is 97.8 Å². The van der Waals surface area contributed by atoms with E-state index in [0.717, 1.165) is 12.3 Å². The van der Waals surface area contributed by atoms with Crippen molar-refractivity contribution in [1.82, 2.24) is 5.32 Å². The Morgan fingerprint density at radius 3 is 2.44 bits per heavy atom. The van der Waals surface area contributed by atoms with Gasteiger partial charge in [0.15, 0.2) is 6.79 Å². The quantitative estimate of drug-likeness (QED) is 0.569. The minimum absolute atomic E-state index is 0.320. The molecule has 0 amide bonds. The Morgan fingerprint density at radius 2 is 1.88 bits per heavy atom. The van der Waals surface area contributed by atoms with Gasteiger partial charge in [-0.2, -0.15) is 0 Å². The van der Waals surface area contributed by atoms with Gasteiger partial charge >= 0.3 is 0 Å². The molecule has 0 radical (unpaired) electrons. The van der Waals surface area contributed by atoms with Crippen LogP contribution in [0.2, 0.25) is 0 Å². The molecule has 0 aliphatic rings. The van der Waals surface area contributed by atoms with E-state index in [-0.39, 0.29) is 0 Å². The third-order valence-electron chi connectivity index (χ3n) is 2.15. The first kappa shape index (κ1) is 13.0. The van der Waals surface area contributed by atoms with Gasteiger partial charge in [0.25, 0.3) is 0 Å². The van der Waals surface area contributed by atoms with E-state index in [1.165, 1.54) is 5.56 Å². The van der Waals surface area contributed by atoms with Crippen LogP contribution in [0.5, 0.6) is 5.75 Å². The summed E-state index contributed by atoms with van der Waals surface area (Å²) in [5, 5.41) is 3.37. The van der Waals surface area contributed by atoms with E-state index in [0.29, 0.717) is 19.4 Å². The molecule has 0 heterocycles. The summed E-state index contributed by atoms with van der Waals surface area (Å²) < 4.78 is 10.5. The Morgan fingerprint density at radius 1 is 1.19 bits per heavy atom. The highest BCUT2D eigenvalue weighted by Crippen LogP contribution is 2.12. The van der Waals surface area contributed by atoms with E-state index < -0.39 is 0 Å². The molecule has 0 fully saturated rings. The molecule has 0 spiro atoms. The summed E-state index contributed by atoms with van der Waals surface area (Å²) in [7, 11) is 0. The van der Waals surface area contributed by atoms with Crippen LogP contribution in [0.3, 0.4) is 0 Å². The molecule has 0 aliphatic heterocycles. The van der Waals surface area contributed by atoms with E-state index in [9.17, 15) is 0 Å². The third-order valence-corrected chi connectivity index (χ3v) is 2.15. The molecule has 0 bridgehead atoms. The fourth-order valence-electron chi connectivity index (χ4n) is 1.22. The van der Waals surface area contributed by atoms with Crippen molar-refractivity contribution in [1.29, 1.82) is 0 Å². The van der Waals surface area contributed by atoms with Crippen LogP contribution in [-0.4, -0.2) is 19.4 Å². The average molecular weight is 223 g/mol. The molecule has 0 saturated carbocycles. The van der Waals surface area contributed by atoms with Gasteiger partial charge in [-0.1, -0.05) is 26.0 Å². The molecule has 3 nitrogen and oxygen atoms in total. The minimum Gasteiger partial charge on any atom is -0.468 e. The molecule has 90 valence electrons. The molecule has 3 heteroatoms. The number of hydrogen-bond acceptors (Lipinski definition) is 3. The molecule has 1 rings (SSSR count). The zero-order valence-corrected chi connectivity index (χ0v) is 10.3. The van der Waals surface area contributed by atoms with Crippen molar-refractivity contribution in [3.05, 3.63) is 29.8 Å². The second-order valence-electron chi connectivity index (χ2n) is 3.93. The lowest BCUT2D eigenvalue weighted by atomic mass is 10.2. The zero-order valence-electron chi connectivity index (χ0n) is 10.3. The summed E-state index contributed by atoms with van der Waals surface area (Å²) in [5.74, 6) is 0.849. The van der Waals surface area contributed by atoms with Crippen LogP contribution < -0.4 is 10.1 Å². The monoisotopic (exact) mass is 223 g/mol. The summed E-state index contributed by atoms with van der Waals surface area (Å²) in [6.45, 7) is 8.11. The van der Waals surface area contributed by atoms with Crippen molar-refractivity contribution < 1.29 is 9.47 Å². The van der Waals surface area contributed by atoms with E-state index in [2.05, 4.69) is 31.3 Å². The zero-order chi connectivity index (χ0) is 11.8. The lowest BCUT2D eigenvalue weighted by Gasteiger charge is -2.09. The van der Waals surface area contributed by atoms with Gasteiger partial charge in [-0.05, 0) is 24.6 Å². The Balaban J connectivity index is 2.35. The van der Waals surface area contributed by atoms with Crippen molar-refractivity contribution in [3.8, 4) is 5.75 Å². The van der Waals surface area contributed by atoms with Gasteiger partial charge in [0.2, 0.25) is 0 Å². The standard InChI is InChI=1S/C13H21NO2/c1-4-15-10-16-13-7-5-12(6-8-13)9-14-11(2)3/h5-8,11,14H,4,9-10H2,1-3H3. The third kappa shape index (κ3) is 5.14. The summed E-state index contributed by atoms with van der Waals surface area (Å²) in [6.07, 6.45) is 0. The number of ether oxygens (including phenoxy) is 2. The van der Waals surface area contributed by atoms with Crippen molar-refractivity contribution >= 4 is 0 Å². The molecule has 0 saturated heterocycles. The summed E-state index contributed by atoms with van der Waals surface area (Å²) >= 11 is 0. The summed E-state index contributed by atoms with van der Waals surface area (Å²) in [6, 6.07) is 8.58. The van der Waals surface area contributed by atoms with Gasteiger partial charge in [-0.25, -0.2) is 0 Å². The molecule has 16 heavy (non-hydrogen) atoms. The molecule has 0 aliphatic carbocycles. The predicted molar refractivity (Wildman–Crippen MR) is 65.5 cm³/mol. The van der Waals surface area contributed by atoms with Gasteiger partial charge in [-0.15, -0.1) is 0 Å². The SMILES string of the molecule is CCOCOc1ccc(CNC(C)C)cc1. The first-order valence-electron chi connectivity index (χ1n) is 5.75. The van der Waals surface area contributed by atoms with Gasteiger partial charge in [0.1, 0.15) is 5.75 Å². The first-order valence-corrected chi connectivity index (χ1v) is 5.75. The first-order chi connectivity index (χ1) is 7.72. The molecule has 1 N–H and O–H groups in total. The second-order valence-corrected chi connectivity index (χ2v) is 3.93. The highest BCUT2D eigenvalue weighted by atomic mass is 16.7. The van der Waals surface area contributed by atoms with Crippen molar-refractivity contribution in [2.75, 3.05) is 13.4 Å². The highest BCUT2D eigenvalue weighted by Gasteiger charge is 1.97. The number of hydrogen-bond donors (Lipinski definition) is 1. The maximum absolute atomic E-state index is 5.38. The van der Waals surface area contributed by atoms with Crippen LogP contribution in [0.25, 0.3) is 0 Å². The second kappa shape index (κ2) is 7.25. The smallest absolute Gasteiger partial charge is 0.189 e. The fraction of sp³-hybridized carbons (Fsp3) is 0.538. The van der Waals surface area contributed by atoms with Crippen molar-refractivity contribution in [3.63, 3.8) is 0 Å². The molecular formula is C13H21NO2. The molecule has 0 aromatic heterocycles. The predicted octanol–water partition coefficient (Wildman–Crippen LogP) is 2.56. The summed E-state index contributed by atoms with van der Waals surface area (Å²) in [4.78, 5) is 0. The Hall–Kier alpha value is -1.06. The lowest BCUT2D eigenvalue weighted by molar-refractivity contribution is 0.0224. The van der Waals surface area contributed by atoms with E-state index in [1.807, 2.05) is 19.1 Å².